The monoisotopic (exact) mass is 197 g/mol. The van der Waals surface area contributed by atoms with Crippen molar-refractivity contribution in [2.24, 2.45) is 0 Å². The van der Waals surface area contributed by atoms with Crippen LogP contribution in [0, 0.1) is 0 Å². The van der Waals surface area contributed by atoms with Gasteiger partial charge in [0.1, 0.15) is 0 Å². The minimum atomic E-state index is -0.807. The summed E-state index contributed by atoms with van der Waals surface area (Å²) < 4.78 is 0. The fourth-order valence-corrected chi connectivity index (χ4v) is 1.87. The first kappa shape index (κ1) is 11.2. The lowest BCUT2D eigenvalue weighted by Gasteiger charge is -2.23. The highest BCUT2D eigenvalue weighted by molar-refractivity contribution is 5.80. The third-order valence-corrected chi connectivity index (χ3v) is 2.72. The molecule has 1 heterocycles. The molecule has 1 rings (SSSR count). The quantitative estimate of drug-likeness (QED) is 0.687. The highest BCUT2D eigenvalue weighted by Gasteiger charge is 2.14. The van der Waals surface area contributed by atoms with E-state index in [2.05, 4.69) is 18.7 Å². The third-order valence-electron chi connectivity index (χ3n) is 2.72. The molecule has 14 heavy (non-hydrogen) atoms. The van der Waals surface area contributed by atoms with E-state index in [1.165, 1.54) is 6.08 Å². The Labute approximate surface area is 85.4 Å². The number of likely N-dealkylation sites (tertiary alicyclic amines) is 1. The predicted octanol–water partition coefficient (Wildman–Crippen LogP) is 1.89. The maximum atomic E-state index is 10.5. The molecule has 0 bridgehead atoms. The van der Waals surface area contributed by atoms with Crippen LogP contribution in [0.4, 0.5) is 0 Å². The van der Waals surface area contributed by atoms with Crippen molar-refractivity contribution >= 4 is 5.97 Å². The highest BCUT2D eigenvalue weighted by atomic mass is 16.4. The molecule has 0 atom stereocenters. The first-order valence-corrected chi connectivity index (χ1v) is 5.26. The molecule has 3 nitrogen and oxygen atoms in total. The molecule has 0 saturated carbocycles. The van der Waals surface area contributed by atoms with E-state index < -0.39 is 5.97 Å². The van der Waals surface area contributed by atoms with Crippen LogP contribution in [0.2, 0.25) is 0 Å². The van der Waals surface area contributed by atoms with Crippen molar-refractivity contribution in [1.82, 2.24) is 4.90 Å². The van der Waals surface area contributed by atoms with E-state index in [1.807, 2.05) is 0 Å². The number of nitrogens with zero attached hydrogens (tertiary/aromatic N) is 1. The van der Waals surface area contributed by atoms with Gasteiger partial charge in [-0.1, -0.05) is 5.57 Å². The van der Waals surface area contributed by atoms with Gasteiger partial charge in [-0.3, -0.25) is 0 Å². The fourth-order valence-electron chi connectivity index (χ4n) is 1.87. The number of carboxylic acid groups (broad SMARTS) is 1. The van der Waals surface area contributed by atoms with Crippen molar-refractivity contribution in [2.75, 3.05) is 13.1 Å². The minimum Gasteiger partial charge on any atom is -0.478 e. The Morgan fingerprint density at radius 2 is 2.14 bits per heavy atom. The van der Waals surface area contributed by atoms with Gasteiger partial charge in [-0.15, -0.1) is 0 Å². The normalized spacial score (nSPS) is 22.6. The molecule has 1 N–H and O–H groups in total. The van der Waals surface area contributed by atoms with Gasteiger partial charge in [-0.05, 0) is 39.7 Å². The largest absolute Gasteiger partial charge is 0.478 e. The average Bonchev–Trinajstić information content (AvgIpc) is 2.28. The van der Waals surface area contributed by atoms with Crippen molar-refractivity contribution < 1.29 is 9.90 Å². The van der Waals surface area contributed by atoms with Gasteiger partial charge in [-0.25, -0.2) is 4.79 Å². The Kier molecular flexibility index (Phi) is 4.14. The van der Waals surface area contributed by atoms with E-state index in [0.717, 1.165) is 37.9 Å². The van der Waals surface area contributed by atoms with E-state index in [1.54, 1.807) is 0 Å². The van der Waals surface area contributed by atoms with Gasteiger partial charge in [0.15, 0.2) is 0 Å². The summed E-state index contributed by atoms with van der Waals surface area (Å²) in [5.74, 6) is -0.807. The standard InChI is InChI=1S/C11H19NO2/c1-9(2)12-6-3-4-10(5-7-12)8-11(13)14/h8-9H,3-7H2,1-2H3,(H,13,14). The molecular weight excluding hydrogens is 178 g/mol. The topological polar surface area (TPSA) is 40.5 Å². The second-order valence-electron chi connectivity index (χ2n) is 4.12. The van der Waals surface area contributed by atoms with Crippen molar-refractivity contribution in [2.45, 2.75) is 39.2 Å². The minimum absolute atomic E-state index is 0.569. The molecule has 1 saturated heterocycles. The lowest BCUT2D eigenvalue weighted by Crippen LogP contribution is -2.31. The molecule has 3 heteroatoms. The van der Waals surface area contributed by atoms with Crippen LogP contribution in [-0.2, 0) is 4.79 Å². The van der Waals surface area contributed by atoms with Crippen molar-refractivity contribution in [1.29, 1.82) is 0 Å². The van der Waals surface area contributed by atoms with Crippen LogP contribution in [0.25, 0.3) is 0 Å². The zero-order valence-electron chi connectivity index (χ0n) is 8.99. The molecule has 0 aromatic heterocycles. The Hall–Kier alpha value is -0.830. The first-order chi connectivity index (χ1) is 6.59. The molecule has 0 aromatic rings. The first-order valence-electron chi connectivity index (χ1n) is 5.26. The summed E-state index contributed by atoms with van der Waals surface area (Å²) in [5.41, 5.74) is 1.08. The van der Waals surface area contributed by atoms with E-state index >= 15 is 0 Å². The summed E-state index contributed by atoms with van der Waals surface area (Å²) >= 11 is 0. The Morgan fingerprint density at radius 1 is 1.43 bits per heavy atom. The van der Waals surface area contributed by atoms with Crippen molar-refractivity contribution in [3.05, 3.63) is 11.6 Å². The molecule has 80 valence electrons. The molecule has 1 aliphatic rings. The summed E-state index contributed by atoms with van der Waals surface area (Å²) in [5, 5.41) is 8.64. The van der Waals surface area contributed by atoms with Gasteiger partial charge in [0.25, 0.3) is 0 Å². The van der Waals surface area contributed by atoms with Crippen molar-refractivity contribution in [3.8, 4) is 0 Å². The molecule has 0 aliphatic carbocycles. The van der Waals surface area contributed by atoms with Gasteiger partial charge in [-0.2, -0.15) is 0 Å². The maximum Gasteiger partial charge on any atom is 0.328 e. The third kappa shape index (κ3) is 3.50. The van der Waals surface area contributed by atoms with Crippen LogP contribution < -0.4 is 0 Å². The van der Waals surface area contributed by atoms with Crippen LogP contribution in [0.5, 0.6) is 0 Å². The Bertz CT molecular complexity index is 233. The average molecular weight is 197 g/mol. The maximum absolute atomic E-state index is 10.5. The SMILES string of the molecule is CC(C)N1CCCC(=CC(=O)O)CC1. The lowest BCUT2D eigenvalue weighted by atomic mass is 10.1. The lowest BCUT2D eigenvalue weighted by molar-refractivity contribution is -0.131. The fraction of sp³-hybridized carbons (Fsp3) is 0.727. The van der Waals surface area contributed by atoms with Crippen LogP contribution in [0.3, 0.4) is 0 Å². The summed E-state index contributed by atoms with van der Waals surface area (Å²) in [4.78, 5) is 12.9. The van der Waals surface area contributed by atoms with Crippen molar-refractivity contribution in [3.63, 3.8) is 0 Å². The molecule has 0 unspecified atom stereocenters. The number of hydrogen-bond donors (Lipinski definition) is 1. The molecule has 0 amide bonds. The Morgan fingerprint density at radius 3 is 2.71 bits per heavy atom. The van der Waals surface area contributed by atoms with E-state index in [9.17, 15) is 4.79 Å². The number of rotatable bonds is 2. The number of carbonyl (C=O) groups is 1. The number of carboxylic acids is 1. The van der Waals surface area contributed by atoms with Gasteiger partial charge < -0.3 is 10.0 Å². The summed E-state index contributed by atoms with van der Waals surface area (Å²) in [7, 11) is 0. The smallest absolute Gasteiger partial charge is 0.328 e. The van der Waals surface area contributed by atoms with Gasteiger partial charge in [0.05, 0.1) is 0 Å². The second kappa shape index (κ2) is 5.15. The summed E-state index contributed by atoms with van der Waals surface area (Å²) in [6.07, 6.45) is 4.31. The van der Waals surface area contributed by atoms with Gasteiger partial charge in [0, 0.05) is 18.7 Å². The van der Waals surface area contributed by atoms with Crippen LogP contribution in [0.1, 0.15) is 33.1 Å². The Balaban J connectivity index is 2.52. The number of aliphatic carboxylic acids is 1. The summed E-state index contributed by atoms with van der Waals surface area (Å²) in [6.45, 7) is 6.46. The number of hydrogen-bond acceptors (Lipinski definition) is 2. The molecule has 0 spiro atoms. The van der Waals surface area contributed by atoms with Crippen LogP contribution in [-0.4, -0.2) is 35.1 Å². The molecular formula is C11H19NO2. The zero-order valence-corrected chi connectivity index (χ0v) is 8.99. The van der Waals surface area contributed by atoms with Crippen LogP contribution >= 0.6 is 0 Å². The van der Waals surface area contributed by atoms with E-state index in [0.29, 0.717) is 6.04 Å². The molecule has 1 aliphatic heterocycles. The molecule has 1 fully saturated rings. The zero-order chi connectivity index (χ0) is 10.6. The summed E-state index contributed by atoms with van der Waals surface area (Å²) in [6, 6.07) is 0.569. The van der Waals surface area contributed by atoms with Crippen LogP contribution in [0.15, 0.2) is 11.6 Å². The van der Waals surface area contributed by atoms with E-state index in [4.69, 9.17) is 5.11 Å². The molecule has 0 aromatic carbocycles. The molecule has 0 radical (unpaired) electrons. The predicted molar refractivity (Wildman–Crippen MR) is 56.3 cm³/mol. The second-order valence-corrected chi connectivity index (χ2v) is 4.12. The van der Waals surface area contributed by atoms with Gasteiger partial charge in [0.2, 0.25) is 0 Å². The van der Waals surface area contributed by atoms with E-state index in [-0.39, 0.29) is 0 Å². The highest BCUT2D eigenvalue weighted by Crippen LogP contribution is 2.17. The van der Waals surface area contributed by atoms with Gasteiger partial charge >= 0.3 is 5.97 Å².